The van der Waals surface area contributed by atoms with Gasteiger partial charge in [0, 0.05) is 11.8 Å². The summed E-state index contributed by atoms with van der Waals surface area (Å²) < 4.78 is 4.93. The molecule has 0 aliphatic heterocycles. The molecule has 0 saturated heterocycles. The van der Waals surface area contributed by atoms with Crippen LogP contribution in [0.3, 0.4) is 0 Å². The molecule has 2 N–H and O–H groups in total. The quantitative estimate of drug-likeness (QED) is 0.766. The molecule has 8 heteroatoms. The van der Waals surface area contributed by atoms with Crippen molar-refractivity contribution < 1.29 is 9.32 Å². The second-order valence-electron chi connectivity index (χ2n) is 4.60. The van der Waals surface area contributed by atoms with Gasteiger partial charge in [-0.2, -0.15) is 15.0 Å². The van der Waals surface area contributed by atoms with Crippen LogP contribution in [0, 0.1) is 6.92 Å². The first-order valence-corrected chi connectivity index (χ1v) is 6.64. The van der Waals surface area contributed by atoms with Crippen LogP contribution >= 0.6 is 0 Å². The summed E-state index contributed by atoms with van der Waals surface area (Å²) in [5.74, 6) is 0.708. The summed E-state index contributed by atoms with van der Waals surface area (Å²) in [5, 5.41) is 17.3. The van der Waals surface area contributed by atoms with E-state index in [1.54, 1.807) is 37.5 Å². The minimum absolute atomic E-state index is 0.304. The molecule has 8 nitrogen and oxygen atoms in total. The standard InChI is InChI=1S/C14H14N6O2/c1-10-8-12(19-22-10)9-15-14(21)18-11-2-4-13(5-3-11)20-16-6-7-17-20/h2-8H,9H2,1H3,(H2,15,18,21). The number of anilines is 1. The Kier molecular flexibility index (Phi) is 3.82. The lowest BCUT2D eigenvalue weighted by Gasteiger charge is -2.07. The molecule has 22 heavy (non-hydrogen) atoms. The molecule has 0 radical (unpaired) electrons. The molecule has 0 spiro atoms. The Balaban J connectivity index is 1.55. The van der Waals surface area contributed by atoms with Crippen LogP contribution in [0.2, 0.25) is 0 Å². The van der Waals surface area contributed by atoms with E-state index in [-0.39, 0.29) is 6.03 Å². The van der Waals surface area contributed by atoms with Crippen LogP contribution < -0.4 is 10.6 Å². The number of benzene rings is 1. The van der Waals surface area contributed by atoms with Crippen LogP contribution in [0.1, 0.15) is 11.5 Å². The van der Waals surface area contributed by atoms with Crippen molar-refractivity contribution in [3.05, 3.63) is 54.2 Å². The van der Waals surface area contributed by atoms with Gasteiger partial charge in [-0.05, 0) is 31.2 Å². The highest BCUT2D eigenvalue weighted by molar-refractivity contribution is 5.89. The molecule has 0 unspecified atom stereocenters. The van der Waals surface area contributed by atoms with Gasteiger partial charge in [-0.15, -0.1) is 0 Å². The topological polar surface area (TPSA) is 97.9 Å². The Morgan fingerprint density at radius 1 is 1.23 bits per heavy atom. The predicted octanol–water partition coefficient (Wildman–Crippen LogP) is 1.89. The summed E-state index contributed by atoms with van der Waals surface area (Å²) >= 11 is 0. The third kappa shape index (κ3) is 3.29. The van der Waals surface area contributed by atoms with E-state index < -0.39 is 0 Å². The Morgan fingerprint density at radius 2 is 1.95 bits per heavy atom. The molecule has 0 fully saturated rings. The average Bonchev–Trinajstić information content (AvgIpc) is 3.17. The second kappa shape index (κ2) is 6.08. The van der Waals surface area contributed by atoms with Gasteiger partial charge in [-0.3, -0.25) is 0 Å². The number of carbonyl (C=O) groups is 1. The number of rotatable bonds is 4. The van der Waals surface area contributed by atoms with Crippen molar-refractivity contribution in [1.82, 2.24) is 25.5 Å². The maximum absolute atomic E-state index is 11.8. The van der Waals surface area contributed by atoms with Crippen molar-refractivity contribution >= 4 is 11.7 Å². The smallest absolute Gasteiger partial charge is 0.319 e. The number of aryl methyl sites for hydroxylation is 1. The zero-order valence-corrected chi connectivity index (χ0v) is 11.9. The summed E-state index contributed by atoms with van der Waals surface area (Å²) in [7, 11) is 0. The normalized spacial score (nSPS) is 10.4. The largest absolute Gasteiger partial charge is 0.361 e. The Morgan fingerprint density at radius 3 is 2.59 bits per heavy atom. The van der Waals surface area contributed by atoms with Gasteiger partial charge in [0.25, 0.3) is 0 Å². The van der Waals surface area contributed by atoms with Gasteiger partial charge in [0.1, 0.15) is 11.5 Å². The van der Waals surface area contributed by atoms with E-state index in [2.05, 4.69) is 26.0 Å². The molecular formula is C14H14N6O2. The van der Waals surface area contributed by atoms with Crippen LogP contribution in [0.25, 0.3) is 5.69 Å². The number of amides is 2. The Labute approximate surface area is 126 Å². The number of urea groups is 1. The van der Waals surface area contributed by atoms with Crippen molar-refractivity contribution in [3.63, 3.8) is 0 Å². The fraction of sp³-hybridized carbons (Fsp3) is 0.143. The van der Waals surface area contributed by atoms with Gasteiger partial charge < -0.3 is 15.2 Å². The molecule has 0 bridgehead atoms. The lowest BCUT2D eigenvalue weighted by atomic mass is 10.3. The summed E-state index contributed by atoms with van der Waals surface area (Å²) in [5.41, 5.74) is 2.16. The molecule has 1 aromatic carbocycles. The molecular weight excluding hydrogens is 284 g/mol. The van der Waals surface area contributed by atoms with E-state index >= 15 is 0 Å². The van der Waals surface area contributed by atoms with Crippen LogP contribution in [-0.4, -0.2) is 26.2 Å². The Hall–Kier alpha value is -3.16. The number of hydrogen-bond acceptors (Lipinski definition) is 5. The van der Waals surface area contributed by atoms with Crippen LogP contribution in [0.15, 0.2) is 47.2 Å². The first-order valence-electron chi connectivity index (χ1n) is 6.64. The van der Waals surface area contributed by atoms with Gasteiger partial charge in [-0.25, -0.2) is 4.79 Å². The van der Waals surface area contributed by atoms with E-state index in [0.717, 1.165) is 5.69 Å². The number of hydrogen-bond donors (Lipinski definition) is 2. The lowest BCUT2D eigenvalue weighted by Crippen LogP contribution is -2.28. The fourth-order valence-corrected chi connectivity index (χ4v) is 1.87. The lowest BCUT2D eigenvalue weighted by molar-refractivity contribution is 0.251. The van der Waals surface area contributed by atoms with Crippen molar-refractivity contribution in [2.24, 2.45) is 0 Å². The summed E-state index contributed by atoms with van der Waals surface area (Å²) in [6, 6.07) is 8.64. The zero-order chi connectivity index (χ0) is 15.4. The van der Waals surface area contributed by atoms with Gasteiger partial charge in [0.2, 0.25) is 0 Å². The summed E-state index contributed by atoms with van der Waals surface area (Å²) in [6.45, 7) is 2.10. The zero-order valence-electron chi connectivity index (χ0n) is 11.9. The highest BCUT2D eigenvalue weighted by Crippen LogP contribution is 2.11. The number of nitrogens with zero attached hydrogens (tertiary/aromatic N) is 4. The Bertz CT molecular complexity index is 748. The van der Waals surface area contributed by atoms with Gasteiger partial charge >= 0.3 is 6.03 Å². The van der Waals surface area contributed by atoms with E-state index in [9.17, 15) is 4.79 Å². The maximum atomic E-state index is 11.8. The van der Waals surface area contributed by atoms with Gasteiger partial charge in [-0.1, -0.05) is 5.16 Å². The summed E-state index contributed by atoms with van der Waals surface area (Å²) in [6.07, 6.45) is 3.20. The minimum Gasteiger partial charge on any atom is -0.361 e. The molecule has 2 heterocycles. The molecule has 2 amide bonds. The van der Waals surface area contributed by atoms with Crippen molar-refractivity contribution in [2.45, 2.75) is 13.5 Å². The number of nitrogens with one attached hydrogen (secondary N) is 2. The molecule has 0 aliphatic carbocycles. The molecule has 0 saturated carbocycles. The highest BCUT2D eigenvalue weighted by atomic mass is 16.5. The SMILES string of the molecule is Cc1cc(CNC(=O)Nc2ccc(-n3nccn3)cc2)no1. The van der Waals surface area contributed by atoms with E-state index in [4.69, 9.17) is 4.52 Å². The number of aromatic nitrogens is 4. The van der Waals surface area contributed by atoms with Crippen LogP contribution in [0.5, 0.6) is 0 Å². The predicted molar refractivity (Wildman–Crippen MR) is 78.5 cm³/mol. The third-order valence-corrected chi connectivity index (χ3v) is 2.88. The molecule has 3 rings (SSSR count). The molecule has 112 valence electrons. The van der Waals surface area contributed by atoms with Crippen molar-refractivity contribution in [2.75, 3.05) is 5.32 Å². The second-order valence-corrected chi connectivity index (χ2v) is 4.60. The van der Waals surface area contributed by atoms with E-state index in [1.807, 2.05) is 12.1 Å². The fourth-order valence-electron chi connectivity index (χ4n) is 1.87. The molecule has 0 atom stereocenters. The van der Waals surface area contributed by atoms with Crippen LogP contribution in [-0.2, 0) is 6.54 Å². The molecule has 3 aromatic rings. The monoisotopic (exact) mass is 298 g/mol. The third-order valence-electron chi connectivity index (χ3n) is 2.88. The van der Waals surface area contributed by atoms with Crippen molar-refractivity contribution in [3.8, 4) is 5.69 Å². The first kappa shape index (κ1) is 13.8. The summed E-state index contributed by atoms with van der Waals surface area (Å²) in [4.78, 5) is 13.3. The van der Waals surface area contributed by atoms with E-state index in [1.165, 1.54) is 4.80 Å². The van der Waals surface area contributed by atoms with Gasteiger partial charge in [0.15, 0.2) is 0 Å². The van der Waals surface area contributed by atoms with Gasteiger partial charge in [0.05, 0.1) is 24.6 Å². The highest BCUT2D eigenvalue weighted by Gasteiger charge is 2.05. The van der Waals surface area contributed by atoms with Crippen molar-refractivity contribution in [1.29, 1.82) is 0 Å². The maximum Gasteiger partial charge on any atom is 0.319 e. The molecule has 2 aromatic heterocycles. The average molecular weight is 298 g/mol. The van der Waals surface area contributed by atoms with E-state index in [0.29, 0.717) is 23.7 Å². The van der Waals surface area contributed by atoms with Crippen LogP contribution in [0.4, 0.5) is 10.5 Å². The first-order chi connectivity index (χ1) is 10.7. The molecule has 0 aliphatic rings. The minimum atomic E-state index is -0.314. The number of carbonyl (C=O) groups excluding carboxylic acids is 1.